The van der Waals surface area contributed by atoms with Gasteiger partial charge in [0.15, 0.2) is 5.82 Å². The highest BCUT2D eigenvalue weighted by Crippen LogP contribution is 2.39. The Hall–Kier alpha value is -3.16. The van der Waals surface area contributed by atoms with Gasteiger partial charge in [-0.3, -0.25) is 15.0 Å². The van der Waals surface area contributed by atoms with Gasteiger partial charge in [0.2, 0.25) is 0 Å². The number of hydrogen-bond acceptors (Lipinski definition) is 5. The molecule has 2 aromatic rings. The number of hydrogen-bond donors (Lipinski definition) is 2. The van der Waals surface area contributed by atoms with E-state index in [4.69, 9.17) is 0 Å². The molecule has 4 heterocycles. The van der Waals surface area contributed by atoms with Crippen molar-refractivity contribution in [3.8, 4) is 0 Å². The molecular weight excluding hydrogens is 380 g/mol. The van der Waals surface area contributed by atoms with E-state index in [1.165, 1.54) is 6.42 Å². The van der Waals surface area contributed by atoms with Crippen LogP contribution in [-0.4, -0.2) is 47.1 Å². The van der Waals surface area contributed by atoms with Crippen molar-refractivity contribution in [2.75, 3.05) is 28.2 Å². The van der Waals surface area contributed by atoms with Gasteiger partial charge in [-0.2, -0.15) is 0 Å². The van der Waals surface area contributed by atoms with Crippen LogP contribution in [0.25, 0.3) is 0 Å². The molecule has 8 nitrogen and oxygen atoms in total. The largest absolute Gasteiger partial charge is 0.366 e. The molecule has 2 aromatic heterocycles. The summed E-state index contributed by atoms with van der Waals surface area (Å²) < 4.78 is 0. The van der Waals surface area contributed by atoms with Crippen LogP contribution in [0, 0.1) is 0 Å². The number of fused-ring (bicyclic) bond motifs is 4. The van der Waals surface area contributed by atoms with Gasteiger partial charge in [-0.25, -0.2) is 14.8 Å². The van der Waals surface area contributed by atoms with Crippen molar-refractivity contribution in [2.24, 2.45) is 0 Å². The second-order valence-corrected chi connectivity index (χ2v) is 8.25. The van der Waals surface area contributed by atoms with Crippen LogP contribution in [0.4, 0.5) is 22.1 Å². The Labute approximate surface area is 175 Å². The molecule has 1 atom stereocenters. The molecule has 3 aliphatic rings. The van der Waals surface area contributed by atoms with Crippen LogP contribution < -0.4 is 20.4 Å². The summed E-state index contributed by atoms with van der Waals surface area (Å²) in [6, 6.07) is 9.06. The minimum atomic E-state index is -0.265. The van der Waals surface area contributed by atoms with E-state index in [-0.39, 0.29) is 24.0 Å². The molecule has 8 heteroatoms. The Kier molecular flexibility index (Phi) is 4.98. The van der Waals surface area contributed by atoms with Crippen LogP contribution in [0.3, 0.4) is 0 Å². The topological polar surface area (TPSA) is 90.5 Å². The van der Waals surface area contributed by atoms with Crippen molar-refractivity contribution >= 4 is 29.3 Å². The molecule has 2 bridgehead atoms. The van der Waals surface area contributed by atoms with E-state index in [1.54, 1.807) is 29.3 Å². The first-order valence-corrected chi connectivity index (χ1v) is 10.8. The zero-order valence-electron chi connectivity index (χ0n) is 16.9. The first-order chi connectivity index (χ1) is 14.7. The third kappa shape index (κ3) is 3.58. The van der Waals surface area contributed by atoms with E-state index in [0.29, 0.717) is 17.3 Å². The standard InChI is InChI=1S/C22H26N6O2/c29-21(24-15-6-2-1-3-7-15)17-9-10-18-20(25-17)28(16-11-13-27(18)14-16)22(30)26-19-8-4-5-12-23-19/h4-5,8-10,12,15-16H,1-3,6-7,11,13-14H2,(H,24,29)(H,23,26,30). The first kappa shape index (κ1) is 18.8. The Balaban J connectivity index is 1.41. The third-order valence-corrected chi connectivity index (χ3v) is 6.24. The molecular formula is C22H26N6O2. The van der Waals surface area contributed by atoms with Gasteiger partial charge in [0, 0.05) is 25.3 Å². The van der Waals surface area contributed by atoms with E-state index in [9.17, 15) is 9.59 Å². The van der Waals surface area contributed by atoms with E-state index in [1.807, 2.05) is 12.1 Å². The lowest BCUT2D eigenvalue weighted by Crippen LogP contribution is -2.48. The summed E-state index contributed by atoms with van der Waals surface area (Å²) in [5, 5.41) is 5.99. The zero-order chi connectivity index (χ0) is 20.5. The molecule has 5 rings (SSSR count). The van der Waals surface area contributed by atoms with Crippen LogP contribution in [0.15, 0.2) is 36.5 Å². The molecule has 30 heavy (non-hydrogen) atoms. The van der Waals surface area contributed by atoms with E-state index < -0.39 is 0 Å². The average Bonchev–Trinajstić information content (AvgIpc) is 3.19. The summed E-state index contributed by atoms with van der Waals surface area (Å²) in [6.45, 7) is 1.65. The van der Waals surface area contributed by atoms with Gasteiger partial charge in [0.1, 0.15) is 11.5 Å². The Morgan fingerprint density at radius 2 is 1.90 bits per heavy atom. The van der Waals surface area contributed by atoms with Crippen LogP contribution in [-0.2, 0) is 0 Å². The normalized spacial score (nSPS) is 20.6. The summed E-state index contributed by atoms with van der Waals surface area (Å²) in [5.41, 5.74) is 1.26. The van der Waals surface area contributed by atoms with Crippen molar-refractivity contribution in [3.05, 3.63) is 42.2 Å². The van der Waals surface area contributed by atoms with Crippen LogP contribution in [0.2, 0.25) is 0 Å². The summed E-state index contributed by atoms with van der Waals surface area (Å²) in [7, 11) is 0. The highest BCUT2D eigenvalue weighted by atomic mass is 16.2. The number of aromatic nitrogens is 2. The monoisotopic (exact) mass is 406 g/mol. The first-order valence-electron chi connectivity index (χ1n) is 10.8. The maximum atomic E-state index is 13.1. The lowest BCUT2D eigenvalue weighted by Gasteiger charge is -2.35. The van der Waals surface area contributed by atoms with Gasteiger partial charge in [-0.1, -0.05) is 25.3 Å². The number of pyridine rings is 2. The smallest absolute Gasteiger partial charge is 0.329 e. The molecule has 156 valence electrons. The maximum Gasteiger partial charge on any atom is 0.329 e. The molecule has 1 saturated carbocycles. The number of carbonyl (C=O) groups excluding carboxylic acids is 2. The minimum Gasteiger partial charge on any atom is -0.366 e. The summed E-state index contributed by atoms with van der Waals surface area (Å²) in [4.78, 5) is 38.7. The lowest BCUT2D eigenvalue weighted by atomic mass is 9.95. The van der Waals surface area contributed by atoms with Gasteiger partial charge >= 0.3 is 6.03 Å². The van der Waals surface area contributed by atoms with Crippen LogP contribution >= 0.6 is 0 Å². The Morgan fingerprint density at radius 1 is 1.03 bits per heavy atom. The molecule has 0 radical (unpaired) electrons. The minimum absolute atomic E-state index is 0.0327. The lowest BCUT2D eigenvalue weighted by molar-refractivity contribution is 0.0922. The highest BCUT2D eigenvalue weighted by molar-refractivity contribution is 6.05. The van der Waals surface area contributed by atoms with Gasteiger partial charge < -0.3 is 10.2 Å². The molecule has 1 saturated heterocycles. The number of amides is 3. The van der Waals surface area contributed by atoms with Crippen molar-refractivity contribution in [1.29, 1.82) is 0 Å². The number of anilines is 3. The average molecular weight is 406 g/mol. The van der Waals surface area contributed by atoms with Crippen molar-refractivity contribution in [1.82, 2.24) is 15.3 Å². The maximum absolute atomic E-state index is 13.1. The summed E-state index contributed by atoms with van der Waals surface area (Å²) in [5.74, 6) is 0.881. The van der Waals surface area contributed by atoms with E-state index in [0.717, 1.165) is 50.9 Å². The fourth-order valence-corrected chi connectivity index (χ4v) is 4.71. The molecule has 2 aliphatic heterocycles. The van der Waals surface area contributed by atoms with E-state index in [2.05, 4.69) is 25.5 Å². The molecule has 0 spiro atoms. The number of rotatable bonds is 3. The Bertz CT molecular complexity index is 944. The van der Waals surface area contributed by atoms with Crippen molar-refractivity contribution in [2.45, 2.75) is 50.6 Å². The van der Waals surface area contributed by atoms with Gasteiger partial charge in [0.05, 0.1) is 11.7 Å². The SMILES string of the molecule is O=C(NC1CCCCC1)c1ccc2c(n1)N(C(=O)Nc1ccccn1)C1CCN2C1. The molecule has 1 unspecified atom stereocenters. The van der Waals surface area contributed by atoms with E-state index >= 15 is 0 Å². The van der Waals surface area contributed by atoms with Gasteiger partial charge in [0.25, 0.3) is 5.91 Å². The van der Waals surface area contributed by atoms with Crippen LogP contribution in [0.1, 0.15) is 49.0 Å². The molecule has 3 amide bonds. The second-order valence-electron chi connectivity index (χ2n) is 8.25. The van der Waals surface area contributed by atoms with Crippen molar-refractivity contribution in [3.63, 3.8) is 0 Å². The number of urea groups is 1. The second kappa shape index (κ2) is 7.93. The molecule has 1 aliphatic carbocycles. The molecule has 0 aromatic carbocycles. The number of carbonyl (C=O) groups is 2. The number of nitrogens with one attached hydrogen (secondary N) is 2. The predicted octanol–water partition coefficient (Wildman–Crippen LogP) is 3.17. The summed E-state index contributed by atoms with van der Waals surface area (Å²) >= 11 is 0. The van der Waals surface area contributed by atoms with Crippen LogP contribution in [0.5, 0.6) is 0 Å². The van der Waals surface area contributed by atoms with Gasteiger partial charge in [-0.05, 0) is 43.5 Å². The highest BCUT2D eigenvalue weighted by Gasteiger charge is 2.40. The molecule has 2 N–H and O–H groups in total. The Morgan fingerprint density at radius 3 is 2.70 bits per heavy atom. The number of nitrogens with zero attached hydrogens (tertiary/aromatic N) is 4. The predicted molar refractivity (Wildman–Crippen MR) is 115 cm³/mol. The van der Waals surface area contributed by atoms with Gasteiger partial charge in [-0.15, -0.1) is 0 Å². The fraction of sp³-hybridized carbons (Fsp3) is 0.455. The quantitative estimate of drug-likeness (QED) is 0.817. The molecule has 2 fully saturated rings. The third-order valence-electron chi connectivity index (χ3n) is 6.24. The van der Waals surface area contributed by atoms with Crippen molar-refractivity contribution < 1.29 is 9.59 Å². The zero-order valence-corrected chi connectivity index (χ0v) is 16.9. The fourth-order valence-electron chi connectivity index (χ4n) is 4.71. The summed E-state index contributed by atoms with van der Waals surface area (Å²) in [6.07, 6.45) is 8.09.